The zero-order valence-electron chi connectivity index (χ0n) is 14.4. The minimum absolute atomic E-state index is 0. The number of nitrogens with zero attached hydrogens (tertiary/aromatic N) is 4. The summed E-state index contributed by atoms with van der Waals surface area (Å²) in [5.41, 5.74) is 1.09. The molecular formula is C17H25ClN6O. The predicted octanol–water partition coefficient (Wildman–Crippen LogP) is 1.30. The van der Waals surface area contributed by atoms with Gasteiger partial charge in [-0.2, -0.15) is 0 Å². The quantitative estimate of drug-likeness (QED) is 0.773. The van der Waals surface area contributed by atoms with Crippen molar-refractivity contribution in [2.45, 2.75) is 32.2 Å². The van der Waals surface area contributed by atoms with E-state index < -0.39 is 6.04 Å². The van der Waals surface area contributed by atoms with E-state index in [9.17, 15) is 4.79 Å². The molecule has 1 aromatic heterocycles. The smallest absolute Gasteiger partial charge is 0.245 e. The van der Waals surface area contributed by atoms with Crippen molar-refractivity contribution < 1.29 is 4.79 Å². The van der Waals surface area contributed by atoms with Crippen molar-refractivity contribution in [2.75, 3.05) is 19.6 Å². The normalized spacial score (nSPS) is 17.7. The maximum absolute atomic E-state index is 12.7. The van der Waals surface area contributed by atoms with Crippen LogP contribution in [0.1, 0.15) is 30.3 Å². The number of hydrogen-bond acceptors (Lipinski definition) is 5. The van der Waals surface area contributed by atoms with Crippen LogP contribution in [0, 0.1) is 12.8 Å². The van der Waals surface area contributed by atoms with E-state index in [0.29, 0.717) is 24.7 Å². The van der Waals surface area contributed by atoms with Gasteiger partial charge in [-0.05, 0) is 54.8 Å². The molecule has 3 rings (SSSR count). The molecule has 1 amide bonds. The molecule has 2 heterocycles. The van der Waals surface area contributed by atoms with E-state index in [1.807, 2.05) is 37.3 Å². The summed E-state index contributed by atoms with van der Waals surface area (Å²) in [5.74, 6) is 1.28. The maximum atomic E-state index is 12.7. The monoisotopic (exact) mass is 364 g/mol. The lowest BCUT2D eigenvalue weighted by molar-refractivity contribution is -0.124. The van der Waals surface area contributed by atoms with Gasteiger partial charge < -0.3 is 10.6 Å². The van der Waals surface area contributed by atoms with Crippen molar-refractivity contribution in [3.05, 3.63) is 41.7 Å². The molecule has 2 atom stereocenters. The first-order chi connectivity index (χ1) is 11.7. The number of halogens is 1. The average Bonchev–Trinajstić information content (AvgIpc) is 3.25. The Morgan fingerprint density at radius 2 is 2.20 bits per heavy atom. The summed E-state index contributed by atoms with van der Waals surface area (Å²) in [6, 6.07) is 9.53. The number of carbonyl (C=O) groups excluding carboxylic acids is 1. The Hall–Kier alpha value is -1.99. The Morgan fingerprint density at radius 3 is 2.84 bits per heavy atom. The molecule has 2 unspecified atom stereocenters. The zero-order valence-corrected chi connectivity index (χ0v) is 15.2. The Labute approximate surface area is 154 Å². The minimum atomic E-state index is -0.427. The van der Waals surface area contributed by atoms with Crippen LogP contribution in [-0.2, 0) is 11.2 Å². The van der Waals surface area contributed by atoms with Gasteiger partial charge in [-0.15, -0.1) is 17.5 Å². The molecule has 1 aliphatic heterocycles. The summed E-state index contributed by atoms with van der Waals surface area (Å²) in [7, 11) is 0. The molecule has 2 N–H and O–H groups in total. The highest BCUT2D eigenvalue weighted by Gasteiger charge is 2.24. The summed E-state index contributed by atoms with van der Waals surface area (Å²) < 4.78 is 1.61. The molecule has 25 heavy (non-hydrogen) atoms. The van der Waals surface area contributed by atoms with Crippen LogP contribution in [0.4, 0.5) is 0 Å². The number of aryl methyl sites for hydroxylation is 1. The highest BCUT2D eigenvalue weighted by Crippen LogP contribution is 2.16. The Balaban J connectivity index is 0.00000225. The topological polar surface area (TPSA) is 84.7 Å². The van der Waals surface area contributed by atoms with E-state index in [1.165, 1.54) is 6.42 Å². The fourth-order valence-electron chi connectivity index (χ4n) is 3.13. The van der Waals surface area contributed by atoms with E-state index in [-0.39, 0.29) is 18.3 Å². The molecule has 0 aliphatic carbocycles. The molecule has 1 aromatic carbocycles. The van der Waals surface area contributed by atoms with E-state index in [1.54, 1.807) is 4.68 Å². The van der Waals surface area contributed by atoms with Gasteiger partial charge in [-0.3, -0.25) is 4.79 Å². The van der Waals surface area contributed by atoms with E-state index in [0.717, 1.165) is 25.1 Å². The maximum Gasteiger partial charge on any atom is 0.245 e. The second-order valence-corrected chi connectivity index (χ2v) is 6.31. The van der Waals surface area contributed by atoms with Gasteiger partial charge in [-0.1, -0.05) is 30.3 Å². The highest BCUT2D eigenvalue weighted by molar-refractivity contribution is 5.85. The largest absolute Gasteiger partial charge is 0.354 e. The minimum Gasteiger partial charge on any atom is -0.354 e. The van der Waals surface area contributed by atoms with Gasteiger partial charge in [0.1, 0.15) is 11.9 Å². The molecule has 7 nitrogen and oxygen atoms in total. The molecule has 8 heteroatoms. The number of hydrogen-bond donors (Lipinski definition) is 2. The third-order valence-corrected chi connectivity index (χ3v) is 4.54. The van der Waals surface area contributed by atoms with Crippen LogP contribution in [0.2, 0.25) is 0 Å². The third kappa shape index (κ3) is 5.24. The summed E-state index contributed by atoms with van der Waals surface area (Å²) in [6.45, 7) is 4.64. The zero-order chi connectivity index (χ0) is 16.8. The number of aromatic nitrogens is 4. The number of tetrazole rings is 1. The lowest BCUT2D eigenvalue weighted by Crippen LogP contribution is -2.36. The number of nitrogens with one attached hydrogen (secondary N) is 2. The van der Waals surface area contributed by atoms with Crippen LogP contribution in [-0.4, -0.2) is 45.7 Å². The molecule has 1 fully saturated rings. The SMILES string of the molecule is Cc1nnnn1C(Cc1ccccc1)C(=O)NCCC1CCNC1.Cl. The van der Waals surface area contributed by atoms with Gasteiger partial charge in [0, 0.05) is 13.0 Å². The van der Waals surface area contributed by atoms with Crippen molar-refractivity contribution in [3.63, 3.8) is 0 Å². The summed E-state index contributed by atoms with van der Waals surface area (Å²) >= 11 is 0. The van der Waals surface area contributed by atoms with Gasteiger partial charge in [-0.25, -0.2) is 4.68 Å². The van der Waals surface area contributed by atoms with Crippen molar-refractivity contribution in [1.29, 1.82) is 0 Å². The van der Waals surface area contributed by atoms with Gasteiger partial charge in [0.05, 0.1) is 0 Å². The van der Waals surface area contributed by atoms with Gasteiger partial charge in [0.2, 0.25) is 5.91 Å². The van der Waals surface area contributed by atoms with Crippen LogP contribution in [0.5, 0.6) is 0 Å². The second kappa shape index (κ2) is 9.48. The van der Waals surface area contributed by atoms with Gasteiger partial charge in [0.25, 0.3) is 0 Å². The number of benzene rings is 1. The Bertz CT molecular complexity index is 656. The Morgan fingerprint density at radius 1 is 1.40 bits per heavy atom. The molecule has 2 aromatic rings. The fraction of sp³-hybridized carbons (Fsp3) is 0.529. The lowest BCUT2D eigenvalue weighted by atomic mass is 10.0. The molecule has 1 aliphatic rings. The number of amides is 1. The molecule has 136 valence electrons. The first-order valence-corrected chi connectivity index (χ1v) is 8.51. The van der Waals surface area contributed by atoms with E-state index >= 15 is 0 Å². The fourth-order valence-corrected chi connectivity index (χ4v) is 3.13. The molecule has 0 radical (unpaired) electrons. The van der Waals surface area contributed by atoms with Gasteiger partial charge in [0.15, 0.2) is 0 Å². The highest BCUT2D eigenvalue weighted by atomic mass is 35.5. The Kier molecular flexibility index (Phi) is 7.33. The van der Waals surface area contributed by atoms with Gasteiger partial charge >= 0.3 is 0 Å². The first-order valence-electron chi connectivity index (χ1n) is 8.51. The molecular weight excluding hydrogens is 340 g/mol. The summed E-state index contributed by atoms with van der Waals surface area (Å²) in [5, 5.41) is 18.0. The van der Waals surface area contributed by atoms with Crippen molar-refractivity contribution in [1.82, 2.24) is 30.8 Å². The molecule has 0 spiro atoms. The lowest BCUT2D eigenvalue weighted by Gasteiger charge is -2.18. The van der Waals surface area contributed by atoms with Crippen LogP contribution >= 0.6 is 12.4 Å². The summed E-state index contributed by atoms with van der Waals surface area (Å²) in [4.78, 5) is 12.7. The van der Waals surface area contributed by atoms with Crippen LogP contribution in [0.15, 0.2) is 30.3 Å². The van der Waals surface area contributed by atoms with Crippen molar-refractivity contribution in [2.24, 2.45) is 5.92 Å². The second-order valence-electron chi connectivity index (χ2n) is 6.31. The molecule has 0 saturated carbocycles. The van der Waals surface area contributed by atoms with Crippen molar-refractivity contribution in [3.8, 4) is 0 Å². The predicted molar refractivity (Wildman–Crippen MR) is 97.6 cm³/mol. The first kappa shape index (κ1) is 19.3. The summed E-state index contributed by atoms with van der Waals surface area (Å²) in [6.07, 6.45) is 2.77. The standard InChI is InChI=1S/C17H24N6O.ClH/c1-13-20-21-22-23(13)16(11-14-5-3-2-4-6-14)17(24)19-10-8-15-7-9-18-12-15;/h2-6,15-16,18H,7-12H2,1H3,(H,19,24);1H. The van der Waals surface area contributed by atoms with E-state index in [4.69, 9.17) is 0 Å². The molecule has 0 bridgehead atoms. The van der Waals surface area contributed by atoms with E-state index in [2.05, 4.69) is 26.2 Å². The average molecular weight is 365 g/mol. The van der Waals surface area contributed by atoms with Crippen molar-refractivity contribution >= 4 is 18.3 Å². The molecule has 1 saturated heterocycles. The van der Waals surface area contributed by atoms with Crippen LogP contribution in [0.25, 0.3) is 0 Å². The number of carbonyl (C=O) groups is 1. The van der Waals surface area contributed by atoms with Crippen LogP contribution in [0.3, 0.4) is 0 Å². The van der Waals surface area contributed by atoms with Crippen LogP contribution < -0.4 is 10.6 Å². The third-order valence-electron chi connectivity index (χ3n) is 4.54. The number of rotatable bonds is 7.